The lowest BCUT2D eigenvalue weighted by molar-refractivity contribution is -0.138. The normalized spacial score (nSPS) is 11.8. The molecule has 0 fully saturated rings. The van der Waals surface area contributed by atoms with Crippen LogP contribution in [0.4, 0.5) is 23.2 Å². The van der Waals surface area contributed by atoms with Gasteiger partial charge in [-0.15, -0.1) is 0 Å². The molecular formula is C13H11F4NO4. The van der Waals surface area contributed by atoms with E-state index in [1.807, 2.05) is 0 Å². The molecule has 0 heterocycles. The molecule has 1 rings (SSSR count). The minimum Gasteiger partial charge on any atom is -0.466 e. The molecule has 0 aliphatic carbocycles. The Labute approximate surface area is 122 Å². The van der Waals surface area contributed by atoms with E-state index in [1.54, 1.807) is 0 Å². The molecule has 1 aromatic rings. The molecule has 0 aliphatic heterocycles. The van der Waals surface area contributed by atoms with Gasteiger partial charge in [0.05, 0.1) is 31.5 Å². The summed E-state index contributed by atoms with van der Waals surface area (Å²) in [6.07, 6.45) is -4.24. The highest BCUT2D eigenvalue weighted by atomic mass is 19.4. The second-order valence-corrected chi connectivity index (χ2v) is 3.89. The summed E-state index contributed by atoms with van der Waals surface area (Å²) in [6, 6.07) is 1.81. The van der Waals surface area contributed by atoms with Crippen molar-refractivity contribution in [1.82, 2.24) is 0 Å². The van der Waals surface area contributed by atoms with E-state index < -0.39 is 40.9 Å². The summed E-state index contributed by atoms with van der Waals surface area (Å²) in [6.45, 7) is 0. The zero-order valence-corrected chi connectivity index (χ0v) is 11.5. The molecule has 0 radical (unpaired) electrons. The number of anilines is 1. The number of rotatable bonds is 4. The number of halogens is 4. The van der Waals surface area contributed by atoms with Gasteiger partial charge < -0.3 is 14.8 Å². The molecule has 9 heteroatoms. The maximum atomic E-state index is 13.0. The minimum absolute atomic E-state index is 0.259. The average molecular weight is 321 g/mol. The van der Waals surface area contributed by atoms with Crippen molar-refractivity contribution in [3.63, 3.8) is 0 Å². The van der Waals surface area contributed by atoms with Crippen LogP contribution in [0.3, 0.4) is 0 Å². The van der Waals surface area contributed by atoms with Gasteiger partial charge in [-0.3, -0.25) is 0 Å². The first kappa shape index (κ1) is 17.5. The molecule has 0 atom stereocenters. The molecule has 0 saturated carbocycles. The quantitative estimate of drug-likeness (QED) is 0.524. The van der Waals surface area contributed by atoms with Crippen LogP contribution in [-0.2, 0) is 25.2 Å². The van der Waals surface area contributed by atoms with Crippen molar-refractivity contribution >= 4 is 17.6 Å². The maximum Gasteiger partial charge on any atom is 0.418 e. The van der Waals surface area contributed by atoms with Gasteiger partial charge in [-0.25, -0.2) is 14.0 Å². The highest BCUT2D eigenvalue weighted by Crippen LogP contribution is 2.35. The van der Waals surface area contributed by atoms with E-state index in [2.05, 4.69) is 14.8 Å². The number of benzene rings is 1. The monoisotopic (exact) mass is 321 g/mol. The lowest BCUT2D eigenvalue weighted by Crippen LogP contribution is -2.18. The first-order valence-electron chi connectivity index (χ1n) is 5.70. The Hall–Kier alpha value is -2.58. The molecule has 0 unspecified atom stereocenters. The SMILES string of the molecule is COC(=O)/C=C(/Nc1ccc(F)cc1C(F)(F)F)C(=O)OC. The van der Waals surface area contributed by atoms with Crippen LogP contribution < -0.4 is 5.32 Å². The smallest absolute Gasteiger partial charge is 0.418 e. The summed E-state index contributed by atoms with van der Waals surface area (Å²) < 4.78 is 60.2. The lowest BCUT2D eigenvalue weighted by Gasteiger charge is -2.15. The molecule has 22 heavy (non-hydrogen) atoms. The third kappa shape index (κ3) is 4.47. The summed E-state index contributed by atoms with van der Waals surface area (Å²) >= 11 is 0. The Morgan fingerprint density at radius 1 is 1.18 bits per heavy atom. The van der Waals surface area contributed by atoms with Crippen molar-refractivity contribution in [3.05, 3.63) is 41.4 Å². The number of hydrogen-bond acceptors (Lipinski definition) is 5. The van der Waals surface area contributed by atoms with E-state index in [1.165, 1.54) is 0 Å². The van der Waals surface area contributed by atoms with Crippen LogP contribution in [0.5, 0.6) is 0 Å². The van der Waals surface area contributed by atoms with Crippen LogP contribution in [0.1, 0.15) is 5.56 Å². The lowest BCUT2D eigenvalue weighted by atomic mass is 10.1. The Morgan fingerprint density at radius 2 is 1.82 bits per heavy atom. The van der Waals surface area contributed by atoms with E-state index >= 15 is 0 Å². The van der Waals surface area contributed by atoms with Gasteiger partial charge in [-0.2, -0.15) is 13.2 Å². The molecule has 0 spiro atoms. The van der Waals surface area contributed by atoms with Crippen LogP contribution in [-0.4, -0.2) is 26.2 Å². The summed E-state index contributed by atoms with van der Waals surface area (Å²) in [5.41, 5.74) is -2.55. The molecular weight excluding hydrogens is 310 g/mol. The van der Waals surface area contributed by atoms with Gasteiger partial charge in [-0.1, -0.05) is 0 Å². The number of esters is 2. The third-order valence-electron chi connectivity index (χ3n) is 2.43. The number of carbonyl (C=O) groups is 2. The van der Waals surface area contributed by atoms with Gasteiger partial charge in [0.15, 0.2) is 0 Å². The van der Waals surface area contributed by atoms with Crippen molar-refractivity contribution in [2.75, 3.05) is 19.5 Å². The molecule has 1 aromatic carbocycles. The number of ether oxygens (including phenoxy) is 2. The molecule has 120 valence electrons. The van der Waals surface area contributed by atoms with E-state index in [0.29, 0.717) is 6.08 Å². The average Bonchev–Trinajstić information content (AvgIpc) is 2.46. The van der Waals surface area contributed by atoms with Crippen molar-refractivity contribution in [1.29, 1.82) is 0 Å². The number of alkyl halides is 3. The minimum atomic E-state index is -4.86. The van der Waals surface area contributed by atoms with Crippen molar-refractivity contribution < 1.29 is 36.6 Å². The Kier molecular flexibility index (Phi) is 5.50. The highest BCUT2D eigenvalue weighted by molar-refractivity contribution is 5.98. The zero-order chi connectivity index (χ0) is 16.9. The number of methoxy groups -OCH3 is 2. The maximum absolute atomic E-state index is 13.0. The van der Waals surface area contributed by atoms with Gasteiger partial charge in [0.2, 0.25) is 0 Å². The van der Waals surface area contributed by atoms with Crippen molar-refractivity contribution in [2.24, 2.45) is 0 Å². The van der Waals surface area contributed by atoms with Crippen molar-refractivity contribution in [2.45, 2.75) is 6.18 Å². The van der Waals surface area contributed by atoms with Crippen LogP contribution in [0, 0.1) is 5.82 Å². The van der Waals surface area contributed by atoms with E-state index in [-0.39, 0.29) is 6.07 Å². The summed E-state index contributed by atoms with van der Waals surface area (Å²) in [4.78, 5) is 22.6. The Bertz CT molecular complexity index is 611. The second kappa shape index (κ2) is 6.92. The molecule has 0 aromatic heterocycles. The fraction of sp³-hybridized carbons (Fsp3) is 0.231. The predicted molar refractivity (Wildman–Crippen MR) is 67.1 cm³/mol. The van der Waals surface area contributed by atoms with Gasteiger partial charge in [0.1, 0.15) is 11.5 Å². The van der Waals surface area contributed by atoms with E-state index in [0.717, 1.165) is 26.4 Å². The second-order valence-electron chi connectivity index (χ2n) is 3.89. The summed E-state index contributed by atoms with van der Waals surface area (Å²) in [5.74, 6) is -3.18. The summed E-state index contributed by atoms with van der Waals surface area (Å²) in [7, 11) is 2.00. The Balaban J connectivity index is 3.27. The molecule has 1 N–H and O–H groups in total. The van der Waals surface area contributed by atoms with Gasteiger partial charge in [0, 0.05) is 0 Å². The molecule has 0 amide bonds. The largest absolute Gasteiger partial charge is 0.466 e. The van der Waals surface area contributed by atoms with Crippen LogP contribution in [0.15, 0.2) is 30.0 Å². The van der Waals surface area contributed by atoms with E-state index in [4.69, 9.17) is 0 Å². The Morgan fingerprint density at radius 3 is 2.32 bits per heavy atom. The van der Waals surface area contributed by atoms with Gasteiger partial charge in [-0.05, 0) is 18.2 Å². The number of nitrogens with one attached hydrogen (secondary N) is 1. The van der Waals surface area contributed by atoms with E-state index in [9.17, 15) is 27.2 Å². The molecule has 0 bridgehead atoms. The molecule has 0 saturated heterocycles. The first-order valence-corrected chi connectivity index (χ1v) is 5.70. The van der Waals surface area contributed by atoms with Gasteiger partial charge >= 0.3 is 18.1 Å². The number of carbonyl (C=O) groups excluding carboxylic acids is 2. The van der Waals surface area contributed by atoms with Gasteiger partial charge in [0.25, 0.3) is 0 Å². The number of hydrogen-bond donors (Lipinski definition) is 1. The van der Waals surface area contributed by atoms with Crippen LogP contribution >= 0.6 is 0 Å². The predicted octanol–water partition coefficient (Wildman–Crippen LogP) is 2.49. The first-order chi connectivity index (χ1) is 10.2. The molecule has 0 aliphatic rings. The molecule has 5 nitrogen and oxygen atoms in total. The fourth-order valence-electron chi connectivity index (χ4n) is 1.44. The fourth-order valence-corrected chi connectivity index (χ4v) is 1.44. The standard InChI is InChI=1S/C13H11F4NO4/c1-21-11(19)6-10(12(20)22-2)18-9-4-3-7(14)5-8(9)13(15,16)17/h3-6,18H,1-2H3/b10-6+. The highest BCUT2D eigenvalue weighted by Gasteiger charge is 2.34. The van der Waals surface area contributed by atoms with Crippen LogP contribution in [0.25, 0.3) is 0 Å². The summed E-state index contributed by atoms with van der Waals surface area (Å²) in [5, 5.41) is 2.10. The zero-order valence-electron chi connectivity index (χ0n) is 11.5. The van der Waals surface area contributed by atoms with Crippen molar-refractivity contribution in [3.8, 4) is 0 Å². The third-order valence-corrected chi connectivity index (χ3v) is 2.43. The topological polar surface area (TPSA) is 64.6 Å². The van der Waals surface area contributed by atoms with Crippen LogP contribution in [0.2, 0.25) is 0 Å².